The Bertz CT molecular complexity index is 604. The summed E-state index contributed by atoms with van der Waals surface area (Å²) in [6.07, 6.45) is 2.07. The lowest BCUT2D eigenvalue weighted by atomic mass is 9.89. The van der Waals surface area contributed by atoms with Gasteiger partial charge in [-0.3, -0.25) is 4.79 Å². The molecule has 0 radical (unpaired) electrons. The van der Waals surface area contributed by atoms with Gasteiger partial charge in [0.15, 0.2) is 0 Å². The van der Waals surface area contributed by atoms with Gasteiger partial charge in [0.1, 0.15) is 6.61 Å². The normalized spacial score (nSPS) is 15.6. The van der Waals surface area contributed by atoms with Crippen molar-refractivity contribution in [3.05, 3.63) is 71.8 Å². The molecule has 1 aliphatic rings. The van der Waals surface area contributed by atoms with Crippen LogP contribution in [0.2, 0.25) is 0 Å². The van der Waals surface area contributed by atoms with Gasteiger partial charge in [-0.1, -0.05) is 60.7 Å². The highest BCUT2D eigenvalue weighted by Gasteiger charge is 2.23. The number of nitrogens with zero attached hydrogens (tertiary/aromatic N) is 1. The topological polar surface area (TPSA) is 29.5 Å². The standard InChI is InChI=1S/C20H23NO2/c22-20(16-23-15-17-7-3-1-4-8-17)21-13-11-19(12-14-21)18-9-5-2-6-10-18/h1-10,19H,11-16H2. The molecule has 23 heavy (non-hydrogen) atoms. The molecule has 1 aliphatic heterocycles. The molecule has 2 aromatic rings. The van der Waals surface area contributed by atoms with E-state index in [0.29, 0.717) is 12.5 Å². The summed E-state index contributed by atoms with van der Waals surface area (Å²) in [6, 6.07) is 20.6. The minimum absolute atomic E-state index is 0.104. The van der Waals surface area contributed by atoms with Crippen LogP contribution in [0, 0.1) is 0 Å². The summed E-state index contributed by atoms with van der Waals surface area (Å²) in [5.74, 6) is 0.679. The van der Waals surface area contributed by atoms with E-state index in [1.54, 1.807) is 0 Å². The van der Waals surface area contributed by atoms with Gasteiger partial charge in [0.2, 0.25) is 5.91 Å². The number of carbonyl (C=O) groups is 1. The third kappa shape index (κ3) is 4.42. The van der Waals surface area contributed by atoms with E-state index < -0.39 is 0 Å². The maximum Gasteiger partial charge on any atom is 0.248 e. The van der Waals surface area contributed by atoms with Crippen molar-refractivity contribution >= 4 is 5.91 Å². The SMILES string of the molecule is O=C(COCc1ccccc1)N1CCC(c2ccccc2)CC1. The average molecular weight is 309 g/mol. The number of amides is 1. The number of likely N-dealkylation sites (tertiary alicyclic amines) is 1. The quantitative estimate of drug-likeness (QED) is 0.844. The molecule has 3 nitrogen and oxygen atoms in total. The number of piperidine rings is 1. The number of benzene rings is 2. The molecule has 3 heteroatoms. The molecule has 0 spiro atoms. The van der Waals surface area contributed by atoms with Gasteiger partial charge in [-0.25, -0.2) is 0 Å². The van der Waals surface area contributed by atoms with Crippen LogP contribution in [-0.2, 0) is 16.1 Å². The maximum atomic E-state index is 12.2. The minimum atomic E-state index is 0.104. The van der Waals surface area contributed by atoms with Gasteiger partial charge in [0.05, 0.1) is 6.61 Å². The molecule has 0 saturated carbocycles. The average Bonchev–Trinajstić information content (AvgIpc) is 2.63. The summed E-state index contributed by atoms with van der Waals surface area (Å²) in [5.41, 5.74) is 2.49. The van der Waals surface area contributed by atoms with Crippen molar-refractivity contribution in [1.82, 2.24) is 4.90 Å². The van der Waals surface area contributed by atoms with Crippen molar-refractivity contribution in [1.29, 1.82) is 0 Å². The van der Waals surface area contributed by atoms with Crippen molar-refractivity contribution in [3.8, 4) is 0 Å². The molecule has 1 fully saturated rings. The van der Waals surface area contributed by atoms with Crippen LogP contribution in [0.1, 0.15) is 29.9 Å². The van der Waals surface area contributed by atoms with E-state index in [9.17, 15) is 4.79 Å². The van der Waals surface area contributed by atoms with Crippen molar-refractivity contribution in [2.45, 2.75) is 25.4 Å². The summed E-state index contributed by atoms with van der Waals surface area (Å²) < 4.78 is 5.55. The molecule has 0 N–H and O–H groups in total. The zero-order chi connectivity index (χ0) is 15.9. The van der Waals surface area contributed by atoms with E-state index in [0.717, 1.165) is 31.5 Å². The first-order valence-electron chi connectivity index (χ1n) is 8.27. The lowest BCUT2D eigenvalue weighted by molar-refractivity contribution is -0.137. The van der Waals surface area contributed by atoms with Gasteiger partial charge >= 0.3 is 0 Å². The summed E-state index contributed by atoms with van der Waals surface area (Å²) in [7, 11) is 0. The van der Waals surface area contributed by atoms with Crippen molar-refractivity contribution in [2.75, 3.05) is 19.7 Å². The van der Waals surface area contributed by atoms with E-state index in [2.05, 4.69) is 24.3 Å². The second-order valence-corrected chi connectivity index (χ2v) is 6.04. The Labute approximate surface area is 137 Å². The largest absolute Gasteiger partial charge is 0.367 e. The molecule has 0 aromatic heterocycles. The molecule has 1 heterocycles. The monoisotopic (exact) mass is 309 g/mol. The second-order valence-electron chi connectivity index (χ2n) is 6.04. The van der Waals surface area contributed by atoms with Gasteiger partial charge in [-0.2, -0.15) is 0 Å². The molecule has 1 amide bonds. The number of ether oxygens (including phenoxy) is 1. The van der Waals surface area contributed by atoms with E-state index in [4.69, 9.17) is 4.74 Å². The zero-order valence-electron chi connectivity index (χ0n) is 13.4. The molecule has 120 valence electrons. The lowest BCUT2D eigenvalue weighted by Crippen LogP contribution is -2.39. The second kappa shape index (κ2) is 7.93. The fourth-order valence-electron chi connectivity index (χ4n) is 3.11. The molecule has 2 aromatic carbocycles. The fraction of sp³-hybridized carbons (Fsp3) is 0.350. The van der Waals surface area contributed by atoms with Crippen LogP contribution in [0.15, 0.2) is 60.7 Å². The Kier molecular flexibility index (Phi) is 5.43. The Hall–Kier alpha value is -2.13. The van der Waals surface area contributed by atoms with E-state index in [1.165, 1.54) is 5.56 Å². The van der Waals surface area contributed by atoms with Gasteiger partial charge in [-0.15, -0.1) is 0 Å². The maximum absolute atomic E-state index is 12.2. The molecule has 3 rings (SSSR count). The highest BCUT2D eigenvalue weighted by atomic mass is 16.5. The van der Waals surface area contributed by atoms with Crippen LogP contribution in [-0.4, -0.2) is 30.5 Å². The number of carbonyl (C=O) groups excluding carboxylic acids is 1. The van der Waals surface area contributed by atoms with E-state index >= 15 is 0 Å². The summed E-state index contributed by atoms with van der Waals surface area (Å²) in [4.78, 5) is 14.2. The number of hydrogen-bond donors (Lipinski definition) is 0. The Morgan fingerprint density at radius 3 is 2.22 bits per heavy atom. The Morgan fingerprint density at radius 1 is 0.957 bits per heavy atom. The molecule has 0 atom stereocenters. The van der Waals surface area contributed by atoms with Crippen LogP contribution in [0.3, 0.4) is 0 Å². The molecular formula is C20H23NO2. The van der Waals surface area contributed by atoms with E-state index in [1.807, 2.05) is 41.3 Å². The Morgan fingerprint density at radius 2 is 1.57 bits per heavy atom. The molecule has 1 saturated heterocycles. The summed E-state index contributed by atoms with van der Waals surface area (Å²) >= 11 is 0. The summed E-state index contributed by atoms with van der Waals surface area (Å²) in [5, 5.41) is 0. The first-order chi connectivity index (χ1) is 11.3. The third-order valence-corrected chi connectivity index (χ3v) is 4.46. The minimum Gasteiger partial charge on any atom is -0.367 e. The number of hydrogen-bond acceptors (Lipinski definition) is 2. The van der Waals surface area contributed by atoms with Crippen LogP contribution >= 0.6 is 0 Å². The van der Waals surface area contributed by atoms with Crippen LogP contribution in [0.25, 0.3) is 0 Å². The predicted molar refractivity (Wildman–Crippen MR) is 91.1 cm³/mol. The Balaban J connectivity index is 1.41. The smallest absolute Gasteiger partial charge is 0.248 e. The fourth-order valence-corrected chi connectivity index (χ4v) is 3.11. The molecule has 0 aliphatic carbocycles. The van der Waals surface area contributed by atoms with Gasteiger partial charge in [0, 0.05) is 13.1 Å². The predicted octanol–water partition coefficient (Wildman–Crippen LogP) is 3.61. The van der Waals surface area contributed by atoms with Crippen LogP contribution in [0.4, 0.5) is 0 Å². The van der Waals surface area contributed by atoms with Crippen molar-refractivity contribution < 1.29 is 9.53 Å². The van der Waals surface area contributed by atoms with Gasteiger partial charge in [-0.05, 0) is 29.9 Å². The van der Waals surface area contributed by atoms with Gasteiger partial charge in [0.25, 0.3) is 0 Å². The third-order valence-electron chi connectivity index (χ3n) is 4.46. The molecular weight excluding hydrogens is 286 g/mol. The zero-order valence-corrected chi connectivity index (χ0v) is 13.4. The molecule has 0 bridgehead atoms. The molecule has 0 unspecified atom stereocenters. The first-order valence-corrected chi connectivity index (χ1v) is 8.27. The lowest BCUT2D eigenvalue weighted by Gasteiger charge is -2.32. The number of rotatable bonds is 5. The van der Waals surface area contributed by atoms with Crippen molar-refractivity contribution in [3.63, 3.8) is 0 Å². The van der Waals surface area contributed by atoms with E-state index in [-0.39, 0.29) is 12.5 Å². The van der Waals surface area contributed by atoms with Gasteiger partial charge < -0.3 is 9.64 Å². The highest BCUT2D eigenvalue weighted by Crippen LogP contribution is 2.27. The first kappa shape index (κ1) is 15.8. The summed E-state index contributed by atoms with van der Waals surface area (Å²) in [6.45, 7) is 2.32. The van der Waals surface area contributed by atoms with Crippen LogP contribution < -0.4 is 0 Å². The highest BCUT2D eigenvalue weighted by molar-refractivity contribution is 5.77. The van der Waals surface area contributed by atoms with Crippen LogP contribution in [0.5, 0.6) is 0 Å². The van der Waals surface area contributed by atoms with Crippen molar-refractivity contribution in [2.24, 2.45) is 0 Å².